The number of pyridine rings is 1. The highest BCUT2D eigenvalue weighted by Gasteiger charge is 2.17. The van der Waals surface area contributed by atoms with Crippen molar-refractivity contribution in [2.45, 2.75) is 18.2 Å². The van der Waals surface area contributed by atoms with Gasteiger partial charge in [-0.25, -0.2) is 4.21 Å². The zero-order valence-electron chi connectivity index (χ0n) is 23.7. The van der Waals surface area contributed by atoms with Crippen LogP contribution in [0.4, 0.5) is 5.69 Å². The first-order chi connectivity index (χ1) is 20.8. The van der Waals surface area contributed by atoms with Crippen LogP contribution in [0.3, 0.4) is 0 Å². The van der Waals surface area contributed by atoms with Gasteiger partial charge in [0.05, 0.1) is 35.2 Å². The SMILES string of the molecule is COC(=O)CNCCCS(=O)(=NC(=O)c1cncc(C#Cc2cccc(NC(=O)c3occc3C)c2)c1)c1ccccc1. The van der Waals surface area contributed by atoms with Crippen molar-refractivity contribution in [3.63, 3.8) is 0 Å². The Hall–Kier alpha value is -5.05. The highest BCUT2D eigenvalue weighted by Crippen LogP contribution is 2.18. The van der Waals surface area contributed by atoms with Crippen molar-refractivity contribution >= 4 is 33.2 Å². The number of carbonyl (C=O) groups excluding carboxylic acids is 3. The fraction of sp³-hybridized carbons (Fsp3) is 0.188. The largest absolute Gasteiger partial charge is 0.468 e. The average molecular weight is 599 g/mol. The van der Waals surface area contributed by atoms with Gasteiger partial charge in [-0.3, -0.25) is 19.4 Å². The van der Waals surface area contributed by atoms with Crippen molar-refractivity contribution in [1.82, 2.24) is 10.3 Å². The van der Waals surface area contributed by atoms with Gasteiger partial charge in [0.1, 0.15) is 0 Å². The summed E-state index contributed by atoms with van der Waals surface area (Å²) in [5.74, 6) is 4.89. The van der Waals surface area contributed by atoms with Gasteiger partial charge in [0.2, 0.25) is 0 Å². The van der Waals surface area contributed by atoms with E-state index in [-0.39, 0.29) is 29.5 Å². The molecule has 11 heteroatoms. The number of ether oxygens (including phenoxy) is 1. The molecule has 2 aromatic heterocycles. The Labute approximate surface area is 250 Å². The molecule has 0 spiro atoms. The molecular weight excluding hydrogens is 568 g/mol. The molecule has 43 heavy (non-hydrogen) atoms. The van der Waals surface area contributed by atoms with E-state index in [2.05, 4.69) is 36.6 Å². The molecule has 4 aromatic rings. The van der Waals surface area contributed by atoms with Gasteiger partial charge in [-0.2, -0.15) is 4.36 Å². The minimum Gasteiger partial charge on any atom is -0.468 e. The Balaban J connectivity index is 1.50. The van der Waals surface area contributed by atoms with Crippen LogP contribution in [0.5, 0.6) is 0 Å². The summed E-state index contributed by atoms with van der Waals surface area (Å²) in [5, 5.41) is 5.71. The van der Waals surface area contributed by atoms with E-state index >= 15 is 0 Å². The summed E-state index contributed by atoms with van der Waals surface area (Å²) in [6.07, 6.45) is 4.73. The quantitative estimate of drug-likeness (QED) is 0.155. The number of aryl methyl sites for hydroxylation is 1. The van der Waals surface area contributed by atoms with Crippen molar-refractivity contribution in [3.8, 4) is 11.8 Å². The van der Waals surface area contributed by atoms with E-state index in [0.29, 0.717) is 34.7 Å². The maximum absolute atomic E-state index is 13.9. The second kappa shape index (κ2) is 14.7. The summed E-state index contributed by atoms with van der Waals surface area (Å²) in [4.78, 5) is 41.5. The van der Waals surface area contributed by atoms with E-state index in [1.807, 2.05) is 0 Å². The first kappa shape index (κ1) is 30.9. The van der Waals surface area contributed by atoms with Crippen LogP contribution < -0.4 is 10.6 Å². The Bertz CT molecular complexity index is 1800. The summed E-state index contributed by atoms with van der Waals surface area (Å²) in [7, 11) is -1.81. The minimum absolute atomic E-state index is 0.0299. The molecule has 0 aliphatic carbocycles. The molecule has 10 nitrogen and oxygen atoms in total. The van der Waals surface area contributed by atoms with E-state index in [4.69, 9.17) is 4.42 Å². The molecule has 0 saturated carbocycles. The standard InChI is InChI=1S/C32H30N4O6S/c1-23-14-16-42-30(23)32(39)35-27-9-6-8-24(19-27)12-13-25-18-26(21-34-20-25)31(38)36-43(40,28-10-4-3-5-11-28)17-7-15-33-22-29(37)41-2/h3-6,8-11,14,16,18-21,33H,7,15,17,22H2,1-2H3,(H,35,39). The summed E-state index contributed by atoms with van der Waals surface area (Å²) in [6.45, 7) is 2.21. The number of nitrogens with one attached hydrogen (secondary N) is 2. The minimum atomic E-state index is -3.11. The lowest BCUT2D eigenvalue weighted by Gasteiger charge is -2.11. The van der Waals surface area contributed by atoms with Gasteiger partial charge in [-0.15, -0.1) is 0 Å². The lowest BCUT2D eigenvalue weighted by Crippen LogP contribution is -2.26. The van der Waals surface area contributed by atoms with Crippen LogP contribution in [0.1, 0.15) is 44.0 Å². The Kier molecular flexibility index (Phi) is 10.6. The number of esters is 1. The summed E-state index contributed by atoms with van der Waals surface area (Å²) in [5.41, 5.74) is 2.51. The molecule has 220 valence electrons. The number of anilines is 1. The summed E-state index contributed by atoms with van der Waals surface area (Å²) in [6, 6.07) is 18.9. The van der Waals surface area contributed by atoms with Gasteiger partial charge >= 0.3 is 5.97 Å². The van der Waals surface area contributed by atoms with Crippen molar-refractivity contribution in [3.05, 3.63) is 113 Å². The molecule has 0 radical (unpaired) electrons. The Morgan fingerprint density at radius 1 is 1.00 bits per heavy atom. The average Bonchev–Trinajstić information content (AvgIpc) is 3.46. The lowest BCUT2D eigenvalue weighted by molar-refractivity contribution is -0.139. The highest BCUT2D eigenvalue weighted by molar-refractivity contribution is 7.94. The predicted octanol–water partition coefficient (Wildman–Crippen LogP) is 4.46. The van der Waals surface area contributed by atoms with Crippen LogP contribution in [0.2, 0.25) is 0 Å². The Morgan fingerprint density at radius 2 is 1.79 bits per heavy atom. The van der Waals surface area contributed by atoms with E-state index in [9.17, 15) is 18.6 Å². The summed E-state index contributed by atoms with van der Waals surface area (Å²) < 4.78 is 27.9. The van der Waals surface area contributed by atoms with E-state index in [1.54, 1.807) is 73.7 Å². The fourth-order valence-electron chi connectivity index (χ4n) is 3.93. The first-order valence-electron chi connectivity index (χ1n) is 13.3. The molecule has 2 amide bonds. The number of methoxy groups -OCH3 is 1. The third kappa shape index (κ3) is 8.72. The fourth-order valence-corrected chi connectivity index (χ4v) is 5.85. The second-order valence-corrected chi connectivity index (χ2v) is 11.7. The van der Waals surface area contributed by atoms with Gasteiger partial charge in [-0.1, -0.05) is 36.1 Å². The molecular formula is C32H30N4O6S. The summed E-state index contributed by atoms with van der Waals surface area (Å²) >= 11 is 0. The number of nitrogens with zero attached hydrogens (tertiary/aromatic N) is 2. The number of amides is 2. The molecule has 0 saturated heterocycles. The van der Waals surface area contributed by atoms with E-state index in [0.717, 1.165) is 5.56 Å². The molecule has 0 bridgehead atoms. The zero-order chi connectivity index (χ0) is 30.7. The van der Waals surface area contributed by atoms with Gasteiger partial charge in [0.25, 0.3) is 11.8 Å². The third-order valence-corrected chi connectivity index (χ3v) is 8.45. The van der Waals surface area contributed by atoms with Gasteiger partial charge in [0, 0.05) is 45.4 Å². The number of rotatable bonds is 10. The highest BCUT2D eigenvalue weighted by atomic mass is 32.2. The number of aromatic nitrogens is 1. The number of carbonyl (C=O) groups is 3. The molecule has 4 rings (SSSR count). The molecule has 2 aromatic carbocycles. The van der Waals surface area contributed by atoms with Crippen LogP contribution in [0, 0.1) is 18.8 Å². The van der Waals surface area contributed by atoms with E-state index < -0.39 is 21.6 Å². The van der Waals surface area contributed by atoms with Crippen molar-refractivity contribution < 1.29 is 27.7 Å². The lowest BCUT2D eigenvalue weighted by atomic mass is 10.1. The maximum Gasteiger partial charge on any atom is 0.319 e. The van der Waals surface area contributed by atoms with E-state index in [1.165, 1.54) is 25.8 Å². The number of benzene rings is 2. The molecule has 0 aliphatic heterocycles. The number of furan rings is 1. The first-order valence-corrected chi connectivity index (χ1v) is 15.0. The molecule has 1 unspecified atom stereocenters. The predicted molar refractivity (Wildman–Crippen MR) is 162 cm³/mol. The maximum atomic E-state index is 13.9. The second-order valence-electron chi connectivity index (χ2n) is 9.34. The molecule has 0 aliphatic rings. The molecule has 2 heterocycles. The number of hydrogen-bond acceptors (Lipinski definition) is 8. The smallest absolute Gasteiger partial charge is 0.319 e. The van der Waals surface area contributed by atoms with Crippen LogP contribution in [-0.4, -0.2) is 52.9 Å². The molecule has 1 atom stereocenters. The van der Waals surface area contributed by atoms with Crippen molar-refractivity contribution in [1.29, 1.82) is 0 Å². The molecule has 2 N–H and O–H groups in total. The van der Waals surface area contributed by atoms with Crippen molar-refractivity contribution in [2.75, 3.05) is 31.3 Å². The Morgan fingerprint density at radius 3 is 2.53 bits per heavy atom. The normalized spacial score (nSPS) is 11.9. The van der Waals surface area contributed by atoms with Crippen LogP contribution in [0.15, 0.2) is 99.1 Å². The monoisotopic (exact) mass is 598 g/mol. The number of hydrogen-bond donors (Lipinski definition) is 2. The van der Waals surface area contributed by atoms with Crippen molar-refractivity contribution in [2.24, 2.45) is 4.36 Å². The van der Waals surface area contributed by atoms with Gasteiger partial charge in [-0.05, 0) is 62.4 Å². The van der Waals surface area contributed by atoms with Crippen LogP contribution >= 0.6 is 0 Å². The third-order valence-electron chi connectivity index (χ3n) is 6.14. The zero-order valence-corrected chi connectivity index (χ0v) is 24.5. The van der Waals surface area contributed by atoms with Crippen LogP contribution in [-0.2, 0) is 19.3 Å². The van der Waals surface area contributed by atoms with Crippen LogP contribution in [0.25, 0.3) is 0 Å². The molecule has 0 fully saturated rings. The topological polar surface area (TPSA) is 140 Å². The van der Waals surface area contributed by atoms with Gasteiger partial charge in [0.15, 0.2) is 5.76 Å². The van der Waals surface area contributed by atoms with Gasteiger partial charge < -0.3 is 19.8 Å².